The van der Waals surface area contributed by atoms with Gasteiger partial charge in [0, 0.05) is 17.9 Å². The lowest BCUT2D eigenvalue weighted by Crippen LogP contribution is -2.36. The zero-order valence-corrected chi connectivity index (χ0v) is 21.6. The summed E-state index contributed by atoms with van der Waals surface area (Å²) in [4.78, 5) is 41.0. The molecule has 2 aromatic rings. The van der Waals surface area contributed by atoms with Crippen LogP contribution >= 0.6 is 24.0 Å². The molecule has 3 amide bonds. The first-order valence-electron chi connectivity index (χ1n) is 10.8. The molecule has 4 rings (SSSR count). The highest BCUT2D eigenvalue weighted by Gasteiger charge is 2.40. The standard InChI is InChI=1S/C23H18F3N3O6S3/c24-23(25,26)13-4-3-5-14(10-13)27-19(30)12-29-17-7-2-1-6-15(17)16(20(29)31)11-18-21(32)28(22(36)37-18)8-9-38(33,34)35/h1-7,10-11,16H,8-9,12H2,(H,27,30)(H,33,34,35)/b18-11-. The van der Waals surface area contributed by atoms with Crippen molar-refractivity contribution in [1.29, 1.82) is 0 Å². The van der Waals surface area contributed by atoms with Crippen molar-refractivity contribution >= 4 is 67.5 Å². The lowest BCUT2D eigenvalue weighted by molar-refractivity contribution is -0.137. The minimum atomic E-state index is -4.59. The van der Waals surface area contributed by atoms with Gasteiger partial charge < -0.3 is 10.2 Å². The highest BCUT2D eigenvalue weighted by molar-refractivity contribution is 8.26. The molecule has 0 radical (unpaired) electrons. The summed E-state index contributed by atoms with van der Waals surface area (Å²) >= 11 is 6.00. The number of nitrogens with zero attached hydrogens (tertiary/aromatic N) is 2. The average molecular weight is 586 g/mol. The molecule has 2 aliphatic heterocycles. The Hall–Kier alpha value is -3.27. The topological polar surface area (TPSA) is 124 Å². The van der Waals surface area contributed by atoms with Crippen LogP contribution in [0.5, 0.6) is 0 Å². The summed E-state index contributed by atoms with van der Waals surface area (Å²) in [6.45, 7) is -0.858. The summed E-state index contributed by atoms with van der Waals surface area (Å²) < 4.78 is 70.1. The lowest BCUT2D eigenvalue weighted by atomic mass is 10.0. The van der Waals surface area contributed by atoms with Crippen LogP contribution in [0.2, 0.25) is 0 Å². The molecule has 38 heavy (non-hydrogen) atoms. The first-order valence-corrected chi connectivity index (χ1v) is 13.7. The van der Waals surface area contributed by atoms with Crippen molar-refractivity contribution in [2.24, 2.45) is 0 Å². The molecule has 0 bridgehead atoms. The Morgan fingerprint density at radius 2 is 1.84 bits per heavy atom. The summed E-state index contributed by atoms with van der Waals surface area (Å²) in [6.07, 6.45) is -3.22. The molecular weight excluding hydrogens is 567 g/mol. The summed E-state index contributed by atoms with van der Waals surface area (Å²) in [5, 5.41) is 2.37. The van der Waals surface area contributed by atoms with Gasteiger partial charge in [-0.05, 0) is 35.9 Å². The molecule has 200 valence electrons. The molecule has 0 aromatic heterocycles. The number of anilines is 2. The van der Waals surface area contributed by atoms with E-state index in [0.717, 1.165) is 34.9 Å². The van der Waals surface area contributed by atoms with Crippen molar-refractivity contribution in [1.82, 2.24) is 4.90 Å². The molecule has 0 aliphatic carbocycles. The Morgan fingerprint density at radius 3 is 2.53 bits per heavy atom. The van der Waals surface area contributed by atoms with Crippen LogP contribution in [0, 0.1) is 0 Å². The van der Waals surface area contributed by atoms with E-state index >= 15 is 0 Å². The first kappa shape index (κ1) is 27.8. The van der Waals surface area contributed by atoms with Crippen LogP contribution in [0.4, 0.5) is 24.5 Å². The smallest absolute Gasteiger partial charge is 0.325 e. The third-order valence-corrected chi connectivity index (χ3v) is 7.73. The quantitative estimate of drug-likeness (QED) is 0.288. The molecule has 15 heteroatoms. The zero-order valence-electron chi connectivity index (χ0n) is 19.1. The summed E-state index contributed by atoms with van der Waals surface area (Å²) in [7, 11) is -4.33. The van der Waals surface area contributed by atoms with Crippen molar-refractivity contribution in [3.8, 4) is 0 Å². The third-order valence-electron chi connectivity index (χ3n) is 5.63. The van der Waals surface area contributed by atoms with Crippen molar-refractivity contribution in [3.05, 3.63) is 70.6 Å². The Balaban J connectivity index is 1.53. The number of thioether (sulfide) groups is 1. The van der Waals surface area contributed by atoms with E-state index in [9.17, 15) is 36.0 Å². The van der Waals surface area contributed by atoms with Crippen molar-refractivity contribution in [2.75, 3.05) is 29.1 Å². The molecule has 9 nitrogen and oxygen atoms in total. The molecule has 1 saturated heterocycles. The average Bonchev–Trinajstić information content (AvgIpc) is 3.24. The molecular formula is C23H18F3N3O6S3. The van der Waals surface area contributed by atoms with Crippen LogP contribution in [-0.4, -0.2) is 58.8 Å². The predicted octanol–water partition coefficient (Wildman–Crippen LogP) is 3.41. The summed E-state index contributed by atoms with van der Waals surface area (Å²) in [5.41, 5.74) is -0.144. The van der Waals surface area contributed by atoms with Crippen LogP contribution < -0.4 is 10.2 Å². The fraction of sp³-hybridized carbons (Fsp3) is 0.217. The van der Waals surface area contributed by atoms with E-state index in [1.807, 2.05) is 0 Å². The lowest BCUT2D eigenvalue weighted by Gasteiger charge is -2.18. The van der Waals surface area contributed by atoms with Crippen LogP contribution in [0.1, 0.15) is 17.0 Å². The Kier molecular flexibility index (Phi) is 7.65. The molecule has 2 N–H and O–H groups in total. The number of carbonyl (C=O) groups is 3. The van der Waals surface area contributed by atoms with Crippen LogP contribution in [0.25, 0.3) is 0 Å². The van der Waals surface area contributed by atoms with Crippen molar-refractivity contribution < 1.29 is 40.5 Å². The van der Waals surface area contributed by atoms with Crippen LogP contribution in [0.15, 0.2) is 59.5 Å². The largest absolute Gasteiger partial charge is 0.416 e. The number of amides is 3. The van der Waals surface area contributed by atoms with Gasteiger partial charge in [0.25, 0.3) is 16.0 Å². The predicted molar refractivity (Wildman–Crippen MR) is 138 cm³/mol. The van der Waals surface area contributed by atoms with E-state index in [0.29, 0.717) is 11.3 Å². The fourth-order valence-corrected chi connectivity index (χ4v) is 5.65. The monoisotopic (exact) mass is 585 g/mol. The number of thiocarbonyl (C=S) groups is 1. The second kappa shape index (κ2) is 10.5. The number of hydrogen-bond acceptors (Lipinski definition) is 7. The Labute approximate surface area is 224 Å². The number of carbonyl (C=O) groups excluding carboxylic acids is 3. The van der Waals surface area contributed by atoms with Gasteiger partial charge in [-0.2, -0.15) is 21.6 Å². The second-order valence-corrected chi connectivity index (χ2v) is 11.5. The SMILES string of the molecule is O=C(CN1C(=O)C(/C=C2\SC(=S)N(CCS(=O)(=O)O)C2=O)c2ccccc21)Nc1cccc(C(F)(F)F)c1. The highest BCUT2D eigenvalue weighted by Crippen LogP contribution is 2.41. The number of halogens is 3. The highest BCUT2D eigenvalue weighted by atomic mass is 32.2. The number of fused-ring (bicyclic) bond motifs is 1. The summed E-state index contributed by atoms with van der Waals surface area (Å²) in [5.74, 6) is -3.59. The summed E-state index contributed by atoms with van der Waals surface area (Å²) in [6, 6.07) is 10.6. The van der Waals surface area contributed by atoms with Gasteiger partial charge in [0.15, 0.2) is 0 Å². The number of alkyl halides is 3. The van der Waals surface area contributed by atoms with E-state index in [4.69, 9.17) is 16.8 Å². The molecule has 2 aliphatic rings. The van der Waals surface area contributed by atoms with Gasteiger partial charge >= 0.3 is 6.18 Å². The number of rotatable bonds is 7. The third kappa shape index (κ3) is 6.06. The Bertz CT molecular complexity index is 1480. The molecule has 1 fully saturated rings. The number of benzene rings is 2. The van der Waals surface area contributed by atoms with Gasteiger partial charge in [-0.25, -0.2) is 0 Å². The maximum atomic E-state index is 13.3. The van der Waals surface area contributed by atoms with Crippen LogP contribution in [-0.2, 0) is 30.7 Å². The van der Waals surface area contributed by atoms with Crippen molar-refractivity contribution in [3.63, 3.8) is 0 Å². The van der Waals surface area contributed by atoms with Crippen LogP contribution in [0.3, 0.4) is 0 Å². The number of para-hydroxylation sites is 1. The number of hydrogen-bond donors (Lipinski definition) is 2. The Morgan fingerprint density at radius 1 is 1.13 bits per heavy atom. The van der Waals surface area contributed by atoms with Gasteiger partial charge in [0.2, 0.25) is 11.8 Å². The second-order valence-electron chi connectivity index (χ2n) is 8.23. The molecule has 0 spiro atoms. The minimum Gasteiger partial charge on any atom is -0.325 e. The van der Waals surface area contributed by atoms with E-state index < -0.39 is 57.8 Å². The maximum absolute atomic E-state index is 13.3. The van der Waals surface area contributed by atoms with Gasteiger partial charge in [-0.15, -0.1) is 0 Å². The van der Waals surface area contributed by atoms with E-state index in [1.165, 1.54) is 17.0 Å². The van der Waals surface area contributed by atoms with Gasteiger partial charge in [0.1, 0.15) is 10.9 Å². The van der Waals surface area contributed by atoms with E-state index in [1.54, 1.807) is 24.3 Å². The molecule has 2 heterocycles. The first-order chi connectivity index (χ1) is 17.7. The van der Waals surface area contributed by atoms with Gasteiger partial charge in [-0.3, -0.25) is 23.8 Å². The fourth-order valence-electron chi connectivity index (χ4n) is 3.92. The van der Waals surface area contributed by atoms with E-state index in [2.05, 4.69) is 5.32 Å². The maximum Gasteiger partial charge on any atom is 0.416 e. The molecule has 0 saturated carbocycles. The van der Waals surface area contributed by atoms with E-state index in [-0.39, 0.29) is 21.5 Å². The minimum absolute atomic E-state index is 0.0564. The normalized spacial score (nSPS) is 18.9. The number of nitrogens with one attached hydrogen (secondary N) is 1. The van der Waals surface area contributed by atoms with Crippen molar-refractivity contribution in [2.45, 2.75) is 12.1 Å². The molecule has 1 unspecified atom stereocenters. The van der Waals surface area contributed by atoms with Gasteiger partial charge in [-0.1, -0.05) is 48.2 Å². The van der Waals surface area contributed by atoms with Gasteiger partial charge in [0.05, 0.1) is 22.1 Å². The molecule has 2 aromatic carbocycles. The zero-order chi connectivity index (χ0) is 27.8. The molecule has 1 atom stereocenters.